The van der Waals surface area contributed by atoms with E-state index >= 15 is 0 Å². The number of aromatic nitrogens is 1. The van der Waals surface area contributed by atoms with E-state index in [9.17, 15) is 14.4 Å². The van der Waals surface area contributed by atoms with Crippen molar-refractivity contribution in [2.24, 2.45) is 4.99 Å². The van der Waals surface area contributed by atoms with Gasteiger partial charge in [0, 0.05) is 22.7 Å². The van der Waals surface area contributed by atoms with Crippen molar-refractivity contribution in [2.45, 2.75) is 52.5 Å². The molecule has 214 valence electrons. The standard InChI is InChI=1S/C31H32ClN3O5S/c1-5-8-16-34-22-13-10-9-12-19(22)24(28(34)36)27-29(37)35-26(20-17-18(32)14-15-23(20)39-4)25(30(38)40-7-3)21(11-6-2)33-31(35)41-27/h9-10,12-15,17,26H,5-8,11,16H2,1-4H3/b27-24-/t26-/m0/s1. The zero-order valence-electron chi connectivity index (χ0n) is 23.5. The van der Waals surface area contributed by atoms with Gasteiger partial charge in [0.1, 0.15) is 16.3 Å². The number of nitrogens with zero attached hydrogens (tertiary/aromatic N) is 3. The fourth-order valence-corrected chi connectivity index (χ4v) is 6.71. The lowest BCUT2D eigenvalue weighted by molar-refractivity contribution is -0.139. The number of esters is 1. The van der Waals surface area contributed by atoms with Crippen LogP contribution in [0.1, 0.15) is 63.6 Å². The number of thiazole rings is 1. The summed E-state index contributed by atoms with van der Waals surface area (Å²) in [5.74, 6) is -0.303. The highest BCUT2D eigenvalue weighted by molar-refractivity contribution is 7.07. The predicted molar refractivity (Wildman–Crippen MR) is 160 cm³/mol. The van der Waals surface area contributed by atoms with Gasteiger partial charge in [0.15, 0.2) is 4.80 Å². The van der Waals surface area contributed by atoms with Crippen LogP contribution in [0.2, 0.25) is 5.02 Å². The first kappa shape index (κ1) is 28.8. The van der Waals surface area contributed by atoms with Crippen LogP contribution in [0.3, 0.4) is 0 Å². The van der Waals surface area contributed by atoms with Crippen molar-refractivity contribution in [1.82, 2.24) is 4.57 Å². The maximum Gasteiger partial charge on any atom is 0.338 e. The molecule has 0 saturated carbocycles. The number of allylic oxidation sites excluding steroid dienone is 1. The van der Waals surface area contributed by atoms with E-state index < -0.39 is 17.6 Å². The van der Waals surface area contributed by atoms with E-state index in [0.29, 0.717) is 50.9 Å². The van der Waals surface area contributed by atoms with E-state index in [2.05, 4.69) is 6.92 Å². The SMILES string of the molecule is CCCCN1C(=O)/C(=c2\sc3n(c2=O)[C@@H](c2cc(Cl)ccc2OC)C(C(=O)OCC)=C(CCC)N=3)c2ccccc21. The number of para-hydroxylation sites is 1. The first-order chi connectivity index (χ1) is 19.9. The summed E-state index contributed by atoms with van der Waals surface area (Å²) < 4.78 is 12.9. The molecule has 8 nitrogen and oxygen atoms in total. The molecular formula is C31H32ClN3O5S. The number of anilines is 1. The molecule has 3 aromatic rings. The summed E-state index contributed by atoms with van der Waals surface area (Å²) in [6.45, 7) is 6.53. The van der Waals surface area contributed by atoms with Gasteiger partial charge < -0.3 is 14.4 Å². The van der Waals surface area contributed by atoms with Crippen LogP contribution in [0.5, 0.6) is 5.75 Å². The molecule has 1 aromatic heterocycles. The fraction of sp³-hybridized carbons (Fsp3) is 0.355. The van der Waals surface area contributed by atoms with Crippen molar-refractivity contribution in [3.63, 3.8) is 0 Å². The maximum absolute atomic E-state index is 14.4. The number of carbonyl (C=O) groups excluding carboxylic acids is 2. The van der Waals surface area contributed by atoms with Gasteiger partial charge in [-0.15, -0.1) is 0 Å². The Morgan fingerprint density at radius 1 is 1.10 bits per heavy atom. The van der Waals surface area contributed by atoms with Crippen molar-refractivity contribution < 1.29 is 19.1 Å². The second-order valence-electron chi connectivity index (χ2n) is 9.82. The monoisotopic (exact) mass is 593 g/mol. The summed E-state index contributed by atoms with van der Waals surface area (Å²) in [5, 5.41) is 0.425. The first-order valence-electron chi connectivity index (χ1n) is 13.8. The van der Waals surface area contributed by atoms with E-state index in [1.807, 2.05) is 31.2 Å². The van der Waals surface area contributed by atoms with Crippen molar-refractivity contribution in [1.29, 1.82) is 0 Å². The third-order valence-electron chi connectivity index (χ3n) is 7.24. The van der Waals surface area contributed by atoms with Gasteiger partial charge >= 0.3 is 5.97 Å². The molecule has 2 aromatic carbocycles. The second kappa shape index (κ2) is 12.0. The number of ether oxygens (including phenoxy) is 2. The molecule has 41 heavy (non-hydrogen) atoms. The number of hydrogen-bond acceptors (Lipinski definition) is 7. The highest BCUT2D eigenvalue weighted by atomic mass is 35.5. The molecule has 1 atom stereocenters. The Morgan fingerprint density at radius 3 is 2.59 bits per heavy atom. The Labute approximate surface area is 247 Å². The van der Waals surface area contributed by atoms with E-state index in [-0.39, 0.29) is 22.6 Å². The third kappa shape index (κ3) is 5.02. The number of methoxy groups -OCH3 is 1. The number of halogens is 1. The quantitative estimate of drug-likeness (QED) is 0.334. The van der Waals surface area contributed by atoms with Crippen molar-refractivity contribution in [2.75, 3.05) is 25.2 Å². The Morgan fingerprint density at radius 2 is 1.88 bits per heavy atom. The number of benzene rings is 2. The maximum atomic E-state index is 14.4. The molecule has 0 unspecified atom stereocenters. The number of amides is 1. The Hall–Kier alpha value is -3.69. The number of carbonyl (C=O) groups is 2. The van der Waals surface area contributed by atoms with Crippen molar-refractivity contribution in [3.8, 4) is 5.75 Å². The van der Waals surface area contributed by atoms with Crippen LogP contribution < -0.4 is 24.5 Å². The summed E-state index contributed by atoms with van der Waals surface area (Å²) in [7, 11) is 1.53. The number of rotatable bonds is 9. The normalized spacial score (nSPS) is 17.3. The van der Waals surface area contributed by atoms with Crippen LogP contribution in [0.25, 0.3) is 5.57 Å². The van der Waals surface area contributed by atoms with Gasteiger partial charge in [-0.2, -0.15) is 0 Å². The molecule has 0 N–H and O–H groups in total. The van der Waals surface area contributed by atoms with Crippen LogP contribution in [0.4, 0.5) is 5.69 Å². The van der Waals surface area contributed by atoms with E-state index in [1.165, 1.54) is 11.7 Å². The van der Waals surface area contributed by atoms with Gasteiger partial charge in [0.2, 0.25) is 0 Å². The van der Waals surface area contributed by atoms with Crippen molar-refractivity contribution >= 4 is 46.1 Å². The average Bonchev–Trinajstić information content (AvgIpc) is 3.43. The fourth-order valence-electron chi connectivity index (χ4n) is 5.42. The van der Waals surface area contributed by atoms with Gasteiger partial charge in [-0.25, -0.2) is 9.79 Å². The zero-order chi connectivity index (χ0) is 29.3. The average molecular weight is 594 g/mol. The van der Waals surface area contributed by atoms with E-state index in [0.717, 1.165) is 36.3 Å². The predicted octanol–water partition coefficient (Wildman–Crippen LogP) is 4.76. The second-order valence-corrected chi connectivity index (χ2v) is 11.2. The number of unbranched alkanes of at least 4 members (excludes halogenated alkanes) is 1. The molecule has 3 heterocycles. The molecule has 0 fully saturated rings. The minimum Gasteiger partial charge on any atom is -0.496 e. The van der Waals surface area contributed by atoms with Gasteiger partial charge in [-0.3, -0.25) is 14.2 Å². The molecule has 2 aliphatic rings. The molecule has 0 aliphatic carbocycles. The van der Waals surface area contributed by atoms with Crippen LogP contribution in [0, 0.1) is 0 Å². The smallest absolute Gasteiger partial charge is 0.338 e. The van der Waals surface area contributed by atoms with Gasteiger partial charge in [-0.05, 0) is 44.0 Å². The zero-order valence-corrected chi connectivity index (χ0v) is 25.1. The van der Waals surface area contributed by atoms with Gasteiger partial charge in [-0.1, -0.05) is 67.8 Å². The molecule has 1 amide bonds. The lowest BCUT2D eigenvalue weighted by Crippen LogP contribution is -2.41. The van der Waals surface area contributed by atoms with Crippen LogP contribution >= 0.6 is 22.9 Å². The number of hydrogen-bond donors (Lipinski definition) is 0. The highest BCUT2D eigenvalue weighted by Gasteiger charge is 2.38. The molecule has 5 rings (SSSR count). The van der Waals surface area contributed by atoms with Gasteiger partial charge in [0.05, 0.1) is 36.2 Å². The summed E-state index contributed by atoms with van der Waals surface area (Å²) in [5.41, 5.74) is 2.79. The molecule has 0 saturated heterocycles. The van der Waals surface area contributed by atoms with E-state index in [1.54, 1.807) is 30.0 Å². The highest BCUT2D eigenvalue weighted by Crippen LogP contribution is 2.39. The topological polar surface area (TPSA) is 90.2 Å². The Balaban J connectivity index is 1.85. The van der Waals surface area contributed by atoms with Crippen LogP contribution in [-0.4, -0.2) is 36.7 Å². The largest absolute Gasteiger partial charge is 0.496 e. The van der Waals surface area contributed by atoms with Crippen LogP contribution in [0.15, 0.2) is 63.5 Å². The molecule has 10 heteroatoms. The number of fused-ring (bicyclic) bond motifs is 2. The molecule has 0 spiro atoms. The minimum absolute atomic E-state index is 0.161. The third-order valence-corrected chi connectivity index (χ3v) is 8.53. The summed E-state index contributed by atoms with van der Waals surface area (Å²) in [6.07, 6.45) is 2.99. The van der Waals surface area contributed by atoms with Gasteiger partial charge in [0.25, 0.3) is 11.5 Å². The molecule has 0 radical (unpaired) electrons. The first-order valence-corrected chi connectivity index (χ1v) is 15.0. The molecular weight excluding hydrogens is 562 g/mol. The minimum atomic E-state index is -0.905. The Kier molecular flexibility index (Phi) is 8.47. The Bertz CT molecular complexity index is 1740. The summed E-state index contributed by atoms with van der Waals surface area (Å²) in [6, 6.07) is 11.7. The summed E-state index contributed by atoms with van der Waals surface area (Å²) in [4.78, 5) is 48.7. The van der Waals surface area contributed by atoms with Crippen molar-refractivity contribution in [3.05, 3.63) is 89.6 Å². The summed E-state index contributed by atoms with van der Waals surface area (Å²) >= 11 is 7.60. The lowest BCUT2D eigenvalue weighted by Gasteiger charge is -2.27. The van der Waals surface area contributed by atoms with E-state index in [4.69, 9.17) is 26.1 Å². The molecule has 0 bridgehead atoms. The molecule has 2 aliphatic heterocycles. The lowest BCUT2D eigenvalue weighted by atomic mass is 9.93. The van der Waals surface area contributed by atoms with Crippen LogP contribution in [-0.2, 0) is 14.3 Å².